The number of fused-ring (bicyclic) bond motifs is 3. The molecule has 2 heteroatoms. The number of benzene rings is 4. The van der Waals surface area contributed by atoms with Crippen LogP contribution in [0.1, 0.15) is 59.6 Å². The van der Waals surface area contributed by atoms with Gasteiger partial charge in [0.15, 0.2) is 0 Å². The molecule has 5 rings (SSSR count). The molecule has 3 N–H and O–H groups in total. The average molecular weight is 559 g/mol. The summed E-state index contributed by atoms with van der Waals surface area (Å²) in [6.07, 6.45) is 6.91. The van der Waals surface area contributed by atoms with Crippen molar-refractivity contribution in [3.05, 3.63) is 158 Å². The van der Waals surface area contributed by atoms with Crippen molar-refractivity contribution in [2.24, 2.45) is 5.73 Å². The van der Waals surface area contributed by atoms with Crippen molar-refractivity contribution >= 4 is 11.4 Å². The van der Waals surface area contributed by atoms with E-state index < -0.39 is 0 Å². The number of rotatable bonds is 4. The fourth-order valence-electron chi connectivity index (χ4n) is 4.51. The molecule has 0 bridgehead atoms. The van der Waals surface area contributed by atoms with Gasteiger partial charge in [0, 0.05) is 22.5 Å². The second-order valence-corrected chi connectivity index (χ2v) is 9.96. The fraction of sp³-hybridized carbons (Fsp3) is 0.200. The van der Waals surface area contributed by atoms with Gasteiger partial charge in [-0.3, -0.25) is 0 Å². The van der Waals surface area contributed by atoms with Gasteiger partial charge in [0.2, 0.25) is 0 Å². The van der Waals surface area contributed by atoms with E-state index in [4.69, 9.17) is 5.73 Å². The highest BCUT2D eigenvalue weighted by atomic mass is 14.9. The molecule has 0 saturated heterocycles. The third-order valence-corrected chi connectivity index (χ3v) is 6.24. The zero-order chi connectivity index (χ0) is 31.5. The molecule has 0 aromatic heterocycles. The van der Waals surface area contributed by atoms with Crippen LogP contribution in [0.4, 0.5) is 11.4 Å². The van der Waals surface area contributed by atoms with Crippen molar-refractivity contribution in [3.8, 4) is 22.3 Å². The Morgan fingerprint density at radius 2 is 1.14 bits per heavy atom. The molecule has 1 aliphatic rings. The van der Waals surface area contributed by atoms with Crippen molar-refractivity contribution in [2.75, 3.05) is 5.32 Å². The minimum absolute atomic E-state index is 0.0286. The van der Waals surface area contributed by atoms with E-state index in [9.17, 15) is 0 Å². The Balaban J connectivity index is 0.000000536. The Bertz CT molecular complexity index is 1400. The maximum Gasteiger partial charge on any atom is 0.0387 e. The quantitative estimate of drug-likeness (QED) is 0.193. The van der Waals surface area contributed by atoms with Gasteiger partial charge in [-0.05, 0) is 84.5 Å². The Morgan fingerprint density at radius 3 is 1.67 bits per heavy atom. The van der Waals surface area contributed by atoms with Crippen molar-refractivity contribution < 1.29 is 0 Å². The van der Waals surface area contributed by atoms with E-state index in [2.05, 4.69) is 130 Å². The molecule has 2 nitrogen and oxygen atoms in total. The molecule has 0 radical (unpaired) electrons. The molecular formula is C40H50N2. The van der Waals surface area contributed by atoms with E-state index in [0.717, 1.165) is 17.1 Å². The average Bonchev–Trinajstić information content (AvgIpc) is 3.22. The maximum absolute atomic E-state index is 5.19. The fourth-order valence-corrected chi connectivity index (χ4v) is 4.51. The lowest BCUT2D eigenvalue weighted by molar-refractivity contribution is 0.660. The lowest BCUT2D eigenvalue weighted by atomic mass is 9.82. The molecule has 0 amide bonds. The zero-order valence-electron chi connectivity index (χ0n) is 26.7. The van der Waals surface area contributed by atoms with Crippen LogP contribution in [0.3, 0.4) is 0 Å². The van der Waals surface area contributed by atoms with Crippen LogP contribution in [0, 0.1) is 0 Å². The Hall–Kier alpha value is -4.56. The number of allylic oxidation sites excluding steroid dienone is 5. The first-order valence-corrected chi connectivity index (χ1v) is 14.6. The molecular weight excluding hydrogens is 508 g/mol. The van der Waals surface area contributed by atoms with Crippen molar-refractivity contribution in [3.63, 3.8) is 0 Å². The lowest BCUT2D eigenvalue weighted by Crippen LogP contribution is -2.15. The van der Waals surface area contributed by atoms with E-state index in [1.807, 2.05) is 40.7 Å². The normalized spacial score (nSPS) is 11.5. The van der Waals surface area contributed by atoms with Crippen molar-refractivity contribution in [2.45, 2.75) is 53.9 Å². The lowest BCUT2D eigenvalue weighted by Gasteiger charge is -2.22. The summed E-state index contributed by atoms with van der Waals surface area (Å²) in [6.45, 7) is 24.4. The van der Waals surface area contributed by atoms with Gasteiger partial charge in [-0.15, -0.1) is 13.2 Å². The summed E-state index contributed by atoms with van der Waals surface area (Å²) in [4.78, 5) is 0. The first kappa shape index (κ1) is 35.5. The summed E-state index contributed by atoms with van der Waals surface area (Å²) in [5, 5.41) is 3.58. The Morgan fingerprint density at radius 1 is 0.667 bits per heavy atom. The molecule has 4 aromatic rings. The molecule has 0 aliphatic heterocycles. The van der Waals surface area contributed by atoms with E-state index in [-0.39, 0.29) is 5.41 Å². The van der Waals surface area contributed by atoms with Gasteiger partial charge < -0.3 is 11.1 Å². The van der Waals surface area contributed by atoms with Gasteiger partial charge in [-0.25, -0.2) is 0 Å². The highest BCUT2D eigenvalue weighted by molar-refractivity contribution is 5.83. The van der Waals surface area contributed by atoms with Crippen LogP contribution < -0.4 is 11.1 Å². The molecule has 220 valence electrons. The third kappa shape index (κ3) is 10.1. The maximum atomic E-state index is 5.19. The first-order chi connectivity index (χ1) is 20.2. The summed E-state index contributed by atoms with van der Waals surface area (Å²) in [5.41, 5.74) is 16.2. The molecule has 4 aromatic carbocycles. The van der Waals surface area contributed by atoms with Gasteiger partial charge in [0.05, 0.1) is 0 Å². The molecule has 0 spiro atoms. The predicted molar refractivity (Wildman–Crippen MR) is 190 cm³/mol. The second-order valence-electron chi connectivity index (χ2n) is 9.96. The van der Waals surface area contributed by atoms with Crippen LogP contribution in [0.5, 0.6) is 0 Å². The second kappa shape index (κ2) is 18.7. The monoisotopic (exact) mass is 558 g/mol. The standard InChI is InChI=1S/C27H23N.C5H9N.2C3H6.C2H6/c1-27(2)25-11-7-6-10-23(25)24-17-16-22(18-26(24)27)28-21-14-12-20(13-15-21)19-8-4-3-5-9-19;1-3-4-5(2)6;2*1-3-2;1-2/h3-18,28H,1-2H3;3-4H,1,6H2,2H3;2*3H,1H2,2H3;1-2H3/b;5-4+;;;. The van der Waals surface area contributed by atoms with Crippen LogP contribution in [0.25, 0.3) is 22.3 Å². The minimum Gasteiger partial charge on any atom is -0.402 e. The summed E-state index contributed by atoms with van der Waals surface area (Å²) in [6, 6.07) is 34.6. The molecule has 0 fully saturated rings. The molecule has 0 saturated carbocycles. The van der Waals surface area contributed by atoms with E-state index >= 15 is 0 Å². The topological polar surface area (TPSA) is 38.0 Å². The van der Waals surface area contributed by atoms with Crippen molar-refractivity contribution in [1.29, 1.82) is 0 Å². The largest absolute Gasteiger partial charge is 0.402 e. The SMILES string of the molecule is C=C/C=C(\C)N.C=CC.C=CC.CC.CC1(C)c2ccccc2-c2ccc(Nc3ccc(-c4ccccc4)cc3)cc21. The summed E-state index contributed by atoms with van der Waals surface area (Å²) in [5.74, 6) is 0. The van der Waals surface area contributed by atoms with Crippen LogP contribution in [-0.4, -0.2) is 0 Å². The van der Waals surface area contributed by atoms with E-state index in [0.29, 0.717) is 0 Å². The third-order valence-electron chi connectivity index (χ3n) is 6.24. The molecule has 1 aliphatic carbocycles. The zero-order valence-corrected chi connectivity index (χ0v) is 26.7. The van der Waals surface area contributed by atoms with Crippen molar-refractivity contribution in [1.82, 2.24) is 0 Å². The Labute approximate surface area is 256 Å². The van der Waals surface area contributed by atoms with Gasteiger partial charge in [-0.2, -0.15) is 0 Å². The number of anilines is 2. The molecule has 0 unspecified atom stereocenters. The Kier molecular flexibility index (Phi) is 15.8. The summed E-state index contributed by atoms with van der Waals surface area (Å²) < 4.78 is 0. The predicted octanol–water partition coefficient (Wildman–Crippen LogP) is 11.8. The minimum atomic E-state index is 0.0286. The van der Waals surface area contributed by atoms with Crippen LogP contribution >= 0.6 is 0 Å². The van der Waals surface area contributed by atoms with Gasteiger partial charge in [0.25, 0.3) is 0 Å². The summed E-state index contributed by atoms with van der Waals surface area (Å²) >= 11 is 0. The smallest absolute Gasteiger partial charge is 0.0387 e. The highest BCUT2D eigenvalue weighted by Crippen LogP contribution is 2.49. The van der Waals surface area contributed by atoms with Gasteiger partial charge in [0.1, 0.15) is 0 Å². The van der Waals surface area contributed by atoms with E-state index in [1.54, 1.807) is 24.3 Å². The van der Waals surface area contributed by atoms with Crippen LogP contribution in [0.15, 0.2) is 147 Å². The number of nitrogens with one attached hydrogen (secondary N) is 1. The molecule has 0 atom stereocenters. The number of nitrogens with two attached hydrogens (primary N) is 1. The van der Waals surface area contributed by atoms with Crippen LogP contribution in [0.2, 0.25) is 0 Å². The van der Waals surface area contributed by atoms with Gasteiger partial charge >= 0.3 is 0 Å². The summed E-state index contributed by atoms with van der Waals surface area (Å²) in [7, 11) is 0. The van der Waals surface area contributed by atoms with Crippen LogP contribution in [-0.2, 0) is 5.41 Å². The number of hydrogen-bond acceptors (Lipinski definition) is 2. The number of hydrogen-bond donors (Lipinski definition) is 2. The van der Waals surface area contributed by atoms with Gasteiger partial charge in [-0.1, -0.05) is 125 Å². The molecule has 0 heterocycles. The van der Waals surface area contributed by atoms with E-state index in [1.165, 1.54) is 33.4 Å². The first-order valence-electron chi connectivity index (χ1n) is 14.6. The molecule has 42 heavy (non-hydrogen) atoms. The highest BCUT2D eigenvalue weighted by Gasteiger charge is 2.35.